The number of nitrogens with zero attached hydrogens (tertiary/aromatic N) is 1. The van der Waals surface area contributed by atoms with Gasteiger partial charge >= 0.3 is 0 Å². The highest BCUT2D eigenvalue weighted by atomic mass is 16.3. The van der Waals surface area contributed by atoms with E-state index >= 15 is 0 Å². The molecule has 5 heteroatoms. The summed E-state index contributed by atoms with van der Waals surface area (Å²) >= 11 is 0. The van der Waals surface area contributed by atoms with Gasteiger partial charge in [0.25, 0.3) is 0 Å². The molecule has 0 aromatic heterocycles. The van der Waals surface area contributed by atoms with Crippen LogP contribution >= 0.6 is 0 Å². The summed E-state index contributed by atoms with van der Waals surface area (Å²) < 4.78 is 0. The molecular weight excluding hydrogens is 426 g/mol. The second-order valence-electron chi connectivity index (χ2n) is 8.70. The number of para-hydroxylation sites is 4. The van der Waals surface area contributed by atoms with Crippen LogP contribution in [0.5, 0.6) is 17.2 Å². The summed E-state index contributed by atoms with van der Waals surface area (Å²) in [4.78, 5) is 16.2. The monoisotopic (exact) mass is 451 g/mol. The molecule has 0 fully saturated rings. The summed E-state index contributed by atoms with van der Waals surface area (Å²) in [6, 6.07) is 28.6. The van der Waals surface area contributed by atoms with E-state index < -0.39 is 5.54 Å². The van der Waals surface area contributed by atoms with Crippen molar-refractivity contribution in [3.63, 3.8) is 0 Å². The average molecular weight is 452 g/mol. The fourth-order valence-corrected chi connectivity index (χ4v) is 4.92. The second-order valence-corrected chi connectivity index (χ2v) is 8.70. The van der Waals surface area contributed by atoms with Crippen molar-refractivity contribution in [1.82, 2.24) is 0 Å². The Morgan fingerprint density at radius 3 is 1.56 bits per heavy atom. The minimum absolute atomic E-state index is 0.0787. The summed E-state index contributed by atoms with van der Waals surface area (Å²) in [5.74, 6) is 0.305. The SMILES string of the molecule is O=C1c2ccccc2N(Cc2ccccc2O)C1(Cc1ccccc1O)Cc1ccccc1O. The smallest absolute Gasteiger partial charge is 0.191 e. The Kier molecular flexibility index (Phi) is 5.46. The van der Waals surface area contributed by atoms with E-state index in [9.17, 15) is 20.1 Å². The van der Waals surface area contributed by atoms with Gasteiger partial charge in [-0.25, -0.2) is 0 Å². The predicted molar refractivity (Wildman–Crippen MR) is 131 cm³/mol. The van der Waals surface area contributed by atoms with Crippen LogP contribution < -0.4 is 4.90 Å². The minimum Gasteiger partial charge on any atom is -0.508 e. The summed E-state index contributed by atoms with van der Waals surface area (Å²) in [5.41, 5.74) is 2.20. The number of aromatic hydroxyl groups is 3. The van der Waals surface area contributed by atoms with Gasteiger partial charge in [-0.05, 0) is 41.5 Å². The van der Waals surface area contributed by atoms with Crippen LogP contribution in [0.4, 0.5) is 5.69 Å². The molecule has 170 valence electrons. The maximum absolute atomic E-state index is 14.2. The zero-order chi connectivity index (χ0) is 23.7. The lowest BCUT2D eigenvalue weighted by molar-refractivity contribution is 0.0895. The van der Waals surface area contributed by atoms with Gasteiger partial charge in [-0.3, -0.25) is 4.79 Å². The fourth-order valence-electron chi connectivity index (χ4n) is 4.92. The molecule has 1 heterocycles. The number of Topliss-reactive ketones (excluding diaryl/α,β-unsaturated/α-hetero) is 1. The quantitative estimate of drug-likeness (QED) is 0.374. The largest absolute Gasteiger partial charge is 0.508 e. The van der Waals surface area contributed by atoms with Crippen molar-refractivity contribution in [2.75, 3.05) is 4.90 Å². The first kappa shape index (κ1) is 21.6. The summed E-state index contributed by atoms with van der Waals surface area (Å²) in [5, 5.41) is 31.8. The van der Waals surface area contributed by atoms with Crippen LogP contribution in [-0.4, -0.2) is 26.6 Å². The van der Waals surface area contributed by atoms with E-state index in [0.717, 1.165) is 5.69 Å². The van der Waals surface area contributed by atoms with E-state index in [-0.39, 0.29) is 42.4 Å². The van der Waals surface area contributed by atoms with Gasteiger partial charge in [-0.15, -0.1) is 0 Å². The lowest BCUT2D eigenvalue weighted by Crippen LogP contribution is -2.53. The standard InChI is InChI=1S/C29H25NO4/c31-25-14-6-1-9-20(25)17-29(18-21-10-2-7-15-26(21)32)28(34)23-12-4-5-13-24(23)30(29)19-22-11-3-8-16-27(22)33/h1-16,31-33H,17-19H2. The van der Waals surface area contributed by atoms with Crippen LogP contribution in [-0.2, 0) is 19.4 Å². The third-order valence-electron chi connectivity index (χ3n) is 6.65. The molecule has 34 heavy (non-hydrogen) atoms. The van der Waals surface area contributed by atoms with Crippen LogP contribution in [0.1, 0.15) is 27.0 Å². The highest BCUT2D eigenvalue weighted by Gasteiger charge is 2.51. The molecule has 0 saturated carbocycles. The second kappa shape index (κ2) is 8.60. The van der Waals surface area contributed by atoms with Gasteiger partial charge in [0, 0.05) is 36.2 Å². The number of hydrogen-bond acceptors (Lipinski definition) is 5. The summed E-state index contributed by atoms with van der Waals surface area (Å²) in [7, 11) is 0. The summed E-state index contributed by atoms with van der Waals surface area (Å²) in [6.45, 7) is 0.288. The molecule has 0 radical (unpaired) electrons. The number of ketones is 1. The van der Waals surface area contributed by atoms with Gasteiger partial charge in [-0.2, -0.15) is 0 Å². The highest BCUT2D eigenvalue weighted by Crippen LogP contribution is 2.45. The van der Waals surface area contributed by atoms with Crippen molar-refractivity contribution < 1.29 is 20.1 Å². The molecule has 4 aromatic carbocycles. The molecule has 5 nitrogen and oxygen atoms in total. The number of carbonyl (C=O) groups excluding carboxylic acids is 1. The molecule has 0 saturated heterocycles. The van der Waals surface area contributed by atoms with E-state index in [1.165, 1.54) is 0 Å². The molecule has 4 aromatic rings. The van der Waals surface area contributed by atoms with Crippen molar-refractivity contribution in [1.29, 1.82) is 0 Å². The number of hydrogen-bond donors (Lipinski definition) is 3. The molecule has 0 atom stereocenters. The number of anilines is 1. The predicted octanol–water partition coefficient (Wildman–Crippen LogP) is 5.23. The molecule has 5 rings (SSSR count). The molecule has 0 amide bonds. The molecule has 0 bridgehead atoms. The third-order valence-corrected chi connectivity index (χ3v) is 6.65. The van der Waals surface area contributed by atoms with Gasteiger partial charge in [0.15, 0.2) is 5.78 Å². The highest BCUT2D eigenvalue weighted by molar-refractivity contribution is 6.14. The molecule has 3 N–H and O–H groups in total. The first-order valence-corrected chi connectivity index (χ1v) is 11.2. The van der Waals surface area contributed by atoms with Crippen LogP contribution in [0.25, 0.3) is 0 Å². The van der Waals surface area contributed by atoms with Crippen molar-refractivity contribution in [3.8, 4) is 17.2 Å². The third kappa shape index (κ3) is 3.65. The van der Waals surface area contributed by atoms with Crippen LogP contribution in [0.15, 0.2) is 97.1 Å². The number of benzene rings is 4. The average Bonchev–Trinajstić information content (AvgIpc) is 3.06. The Balaban J connectivity index is 1.71. The normalized spacial score (nSPS) is 14.2. The van der Waals surface area contributed by atoms with Crippen LogP contribution in [0, 0.1) is 0 Å². The number of carbonyl (C=O) groups is 1. The fraction of sp³-hybridized carbons (Fsp3) is 0.138. The summed E-state index contributed by atoms with van der Waals surface area (Å²) in [6.07, 6.45) is 0.463. The maximum Gasteiger partial charge on any atom is 0.191 e. The Labute approximate surface area is 198 Å². The van der Waals surface area contributed by atoms with Crippen molar-refractivity contribution in [2.45, 2.75) is 24.9 Å². The van der Waals surface area contributed by atoms with E-state index in [1.807, 2.05) is 65.6 Å². The zero-order valence-corrected chi connectivity index (χ0v) is 18.6. The number of phenols is 3. The molecule has 1 aliphatic rings. The molecular formula is C29H25NO4. The lowest BCUT2D eigenvalue weighted by atomic mass is 9.79. The van der Waals surface area contributed by atoms with E-state index in [4.69, 9.17) is 0 Å². The van der Waals surface area contributed by atoms with Gasteiger partial charge < -0.3 is 20.2 Å². The number of fused-ring (bicyclic) bond motifs is 1. The molecule has 0 spiro atoms. The lowest BCUT2D eigenvalue weighted by Gasteiger charge is -2.40. The van der Waals surface area contributed by atoms with Crippen LogP contribution in [0.3, 0.4) is 0 Å². The van der Waals surface area contributed by atoms with E-state index in [0.29, 0.717) is 22.3 Å². The van der Waals surface area contributed by atoms with E-state index in [2.05, 4.69) is 0 Å². The molecule has 0 unspecified atom stereocenters. The number of rotatable bonds is 6. The molecule has 0 aliphatic carbocycles. The van der Waals surface area contributed by atoms with Gasteiger partial charge in [0.2, 0.25) is 0 Å². The van der Waals surface area contributed by atoms with Crippen molar-refractivity contribution in [3.05, 3.63) is 119 Å². The first-order valence-electron chi connectivity index (χ1n) is 11.2. The Morgan fingerprint density at radius 2 is 1.03 bits per heavy atom. The van der Waals surface area contributed by atoms with Crippen LogP contribution in [0.2, 0.25) is 0 Å². The van der Waals surface area contributed by atoms with Crippen molar-refractivity contribution in [2.24, 2.45) is 0 Å². The van der Waals surface area contributed by atoms with Gasteiger partial charge in [-0.1, -0.05) is 66.7 Å². The van der Waals surface area contributed by atoms with Gasteiger partial charge in [0.05, 0.1) is 0 Å². The van der Waals surface area contributed by atoms with Crippen molar-refractivity contribution >= 4 is 11.5 Å². The zero-order valence-electron chi connectivity index (χ0n) is 18.6. The Bertz CT molecular complexity index is 1320. The topological polar surface area (TPSA) is 81.0 Å². The maximum atomic E-state index is 14.2. The first-order chi connectivity index (χ1) is 16.5. The van der Waals surface area contributed by atoms with Gasteiger partial charge in [0.1, 0.15) is 22.8 Å². The Hall–Kier alpha value is -4.25. The van der Waals surface area contributed by atoms with E-state index in [1.54, 1.807) is 36.4 Å². The molecule has 1 aliphatic heterocycles. The minimum atomic E-state index is -1.12. The Morgan fingerprint density at radius 1 is 0.588 bits per heavy atom. The number of phenolic OH excluding ortho intramolecular Hbond substituents is 3.